The average Bonchev–Trinajstić information content (AvgIpc) is 2.42. The van der Waals surface area contributed by atoms with Gasteiger partial charge in [0.25, 0.3) is 16.0 Å². The van der Waals surface area contributed by atoms with E-state index in [0.29, 0.717) is 11.1 Å². The van der Waals surface area contributed by atoms with Crippen LogP contribution in [0.5, 0.6) is 0 Å². The van der Waals surface area contributed by atoms with Crippen LogP contribution in [0, 0.1) is 0 Å². The van der Waals surface area contributed by atoms with Crippen molar-refractivity contribution in [2.45, 2.75) is 6.54 Å². The van der Waals surface area contributed by atoms with Crippen molar-refractivity contribution in [3.8, 4) is 0 Å². The van der Waals surface area contributed by atoms with Gasteiger partial charge in [-0.05, 0) is 12.1 Å². The van der Waals surface area contributed by atoms with Gasteiger partial charge < -0.3 is 4.90 Å². The zero-order valence-corrected chi connectivity index (χ0v) is 12.5. The topological polar surface area (TPSA) is 91.5 Å². The van der Waals surface area contributed by atoms with Crippen molar-refractivity contribution in [1.29, 1.82) is 0 Å². The minimum absolute atomic E-state index is 0.0423. The van der Waals surface area contributed by atoms with Gasteiger partial charge in [0.05, 0.1) is 0 Å². The molecule has 0 atom stereocenters. The van der Waals surface area contributed by atoms with Crippen LogP contribution in [-0.2, 0) is 16.7 Å². The van der Waals surface area contributed by atoms with Gasteiger partial charge in [0, 0.05) is 36.2 Å². The molecule has 0 aliphatic heterocycles. The highest BCUT2D eigenvalue weighted by Crippen LogP contribution is 2.13. The molecule has 21 heavy (non-hydrogen) atoms. The number of nitrogens with zero attached hydrogens (tertiary/aromatic N) is 3. The normalized spacial score (nSPS) is 11.6. The molecule has 0 radical (unpaired) electrons. The lowest BCUT2D eigenvalue weighted by molar-refractivity contribution is -0.747. The molecule has 0 saturated carbocycles. The molecule has 0 aliphatic rings. The van der Waals surface area contributed by atoms with Crippen LogP contribution in [0.2, 0.25) is 0 Å². The number of rotatable bonds is 4. The summed E-state index contributed by atoms with van der Waals surface area (Å²) < 4.78 is 31.7. The van der Waals surface area contributed by atoms with Gasteiger partial charge in [0.2, 0.25) is 0 Å². The number of carbonyl (C=O) groups excluding carboxylic acids is 1. The van der Waals surface area contributed by atoms with Crippen LogP contribution in [0.25, 0.3) is 10.9 Å². The molecule has 1 heterocycles. The first-order chi connectivity index (χ1) is 9.76. The Morgan fingerprint density at radius 1 is 1.33 bits per heavy atom. The molecule has 2 aromatic rings. The maximum atomic E-state index is 11.9. The second kappa shape index (κ2) is 5.74. The predicted octanol–water partition coefficient (Wildman–Crippen LogP) is 0.112. The summed E-state index contributed by atoms with van der Waals surface area (Å²) in [5, 5.41) is 5.09. The zero-order valence-electron chi connectivity index (χ0n) is 11.7. The first-order valence-corrected chi connectivity index (χ1v) is 7.84. The second-order valence-electron chi connectivity index (χ2n) is 4.84. The van der Waals surface area contributed by atoms with Gasteiger partial charge >= 0.3 is 0 Å². The minimum Gasteiger partial charge on any atom is -0.345 e. The molecule has 8 heteroatoms. The molecular weight excluding hydrogens is 294 g/mol. The van der Waals surface area contributed by atoms with Crippen LogP contribution < -0.4 is 4.68 Å². The number of aryl methyl sites for hydroxylation is 1. The number of amides is 1. The maximum Gasteiger partial charge on any atom is 0.271 e. The Morgan fingerprint density at radius 2 is 2.05 bits per heavy atom. The molecule has 1 aromatic carbocycles. The van der Waals surface area contributed by atoms with Crippen molar-refractivity contribution in [2.24, 2.45) is 0 Å². The van der Waals surface area contributed by atoms with E-state index in [9.17, 15) is 13.2 Å². The fraction of sp³-hybridized carbons (Fsp3) is 0.308. The summed E-state index contributed by atoms with van der Waals surface area (Å²) in [6.45, 7) is 0.0423. The Bertz CT molecular complexity index is 787. The first-order valence-electron chi connectivity index (χ1n) is 6.23. The van der Waals surface area contributed by atoms with Gasteiger partial charge in [0.1, 0.15) is 11.3 Å². The molecular formula is C13H16N3O4S+. The van der Waals surface area contributed by atoms with Crippen molar-refractivity contribution in [2.75, 3.05) is 19.8 Å². The zero-order chi connectivity index (χ0) is 15.6. The van der Waals surface area contributed by atoms with Crippen LogP contribution in [0.15, 0.2) is 30.5 Å². The fourth-order valence-corrected chi connectivity index (χ4v) is 2.25. The first kappa shape index (κ1) is 15.3. The van der Waals surface area contributed by atoms with Crippen LogP contribution in [0.1, 0.15) is 10.4 Å². The van der Waals surface area contributed by atoms with Crippen molar-refractivity contribution in [3.05, 3.63) is 36.0 Å². The Hall–Kier alpha value is -2.06. The number of aromatic nitrogens is 2. The minimum atomic E-state index is -4.03. The van der Waals surface area contributed by atoms with E-state index in [1.807, 2.05) is 0 Å². The monoisotopic (exact) mass is 310 g/mol. The van der Waals surface area contributed by atoms with Gasteiger partial charge in [-0.3, -0.25) is 9.35 Å². The summed E-state index contributed by atoms with van der Waals surface area (Å²) in [6.07, 6.45) is 1.63. The van der Waals surface area contributed by atoms with Crippen LogP contribution in [0.4, 0.5) is 0 Å². The molecule has 0 unspecified atom stereocenters. The third kappa shape index (κ3) is 3.96. The van der Waals surface area contributed by atoms with Gasteiger partial charge in [-0.15, -0.1) is 0 Å². The van der Waals surface area contributed by atoms with Gasteiger partial charge in [-0.2, -0.15) is 8.42 Å². The van der Waals surface area contributed by atoms with E-state index in [1.165, 1.54) is 9.58 Å². The summed E-state index contributed by atoms with van der Waals surface area (Å²) in [4.78, 5) is 13.4. The lowest BCUT2D eigenvalue weighted by atomic mass is 10.1. The highest BCUT2D eigenvalue weighted by atomic mass is 32.2. The number of hydrogen-bond acceptors (Lipinski definition) is 4. The summed E-state index contributed by atoms with van der Waals surface area (Å²) in [5.41, 5.74) is 1.09. The maximum absolute atomic E-state index is 11.9. The summed E-state index contributed by atoms with van der Waals surface area (Å²) in [6, 6.07) is 6.93. The van der Waals surface area contributed by atoms with Crippen molar-refractivity contribution >= 4 is 26.9 Å². The molecule has 0 bridgehead atoms. The molecule has 1 aromatic heterocycles. The third-order valence-corrected chi connectivity index (χ3v) is 3.62. The van der Waals surface area contributed by atoms with Crippen LogP contribution >= 0.6 is 0 Å². The highest BCUT2D eigenvalue weighted by Gasteiger charge is 2.14. The highest BCUT2D eigenvalue weighted by molar-refractivity contribution is 7.85. The molecule has 0 aliphatic carbocycles. The van der Waals surface area contributed by atoms with E-state index < -0.39 is 15.9 Å². The lowest BCUT2D eigenvalue weighted by Gasteiger charge is -2.09. The number of benzene rings is 1. The predicted molar refractivity (Wildman–Crippen MR) is 76.4 cm³/mol. The van der Waals surface area contributed by atoms with E-state index in [-0.39, 0.29) is 12.5 Å². The smallest absolute Gasteiger partial charge is 0.271 e. The number of hydrogen-bond donors (Lipinski definition) is 1. The molecule has 0 fully saturated rings. The van der Waals surface area contributed by atoms with Gasteiger partial charge in [-0.1, -0.05) is 10.7 Å². The van der Waals surface area contributed by atoms with E-state index in [1.54, 1.807) is 44.6 Å². The Balaban J connectivity index is 2.34. The quantitative estimate of drug-likeness (QED) is 0.639. The van der Waals surface area contributed by atoms with Crippen molar-refractivity contribution in [1.82, 2.24) is 10.00 Å². The Kier molecular flexibility index (Phi) is 4.19. The van der Waals surface area contributed by atoms with Crippen LogP contribution in [0.3, 0.4) is 0 Å². The summed E-state index contributed by atoms with van der Waals surface area (Å²) >= 11 is 0. The van der Waals surface area contributed by atoms with E-state index >= 15 is 0 Å². The fourth-order valence-electron chi connectivity index (χ4n) is 1.83. The van der Waals surface area contributed by atoms with Gasteiger partial charge in [-0.25, -0.2) is 0 Å². The molecule has 1 amide bonds. The Morgan fingerprint density at radius 3 is 2.67 bits per heavy atom. The van der Waals surface area contributed by atoms with E-state index in [2.05, 4.69) is 5.10 Å². The summed E-state index contributed by atoms with van der Waals surface area (Å²) in [7, 11) is -0.702. The molecule has 7 nitrogen and oxygen atoms in total. The average molecular weight is 310 g/mol. The van der Waals surface area contributed by atoms with E-state index in [4.69, 9.17) is 4.55 Å². The third-order valence-electron chi connectivity index (χ3n) is 2.92. The standard InChI is InChI=1S/C13H15N3O4S/c1-15(2)13(17)11-4-3-10-5-6-16(14-12(10)9-11)7-8-21(18,19)20/h3-6,9H,7-8H2,1-2H3/p+1. The second-order valence-corrected chi connectivity index (χ2v) is 6.41. The van der Waals surface area contributed by atoms with Gasteiger partial charge in [0.15, 0.2) is 12.7 Å². The SMILES string of the molecule is CN(C)C(=O)c1ccc2cc[n+](CCS(=O)(=O)O)nc2c1. The largest absolute Gasteiger partial charge is 0.345 e. The summed E-state index contributed by atoms with van der Waals surface area (Å²) in [5.74, 6) is -0.543. The van der Waals surface area contributed by atoms with E-state index in [0.717, 1.165) is 5.39 Å². The van der Waals surface area contributed by atoms with Crippen molar-refractivity contribution < 1.29 is 22.4 Å². The lowest BCUT2D eigenvalue weighted by Crippen LogP contribution is -2.40. The van der Waals surface area contributed by atoms with Crippen molar-refractivity contribution in [3.63, 3.8) is 0 Å². The molecule has 112 valence electrons. The molecule has 2 rings (SSSR count). The molecule has 0 saturated heterocycles. The van der Waals surface area contributed by atoms with Crippen LogP contribution in [-0.4, -0.2) is 48.7 Å². The number of fused-ring (bicyclic) bond motifs is 1. The molecule has 0 spiro atoms. The number of carbonyl (C=O) groups is 1. The molecule has 1 N–H and O–H groups in total. The Labute approximate surface area is 122 Å².